The molecule has 0 saturated carbocycles. The molecule has 0 radical (unpaired) electrons. The second-order valence-corrected chi connectivity index (χ2v) is 10.1. The van der Waals surface area contributed by atoms with Crippen molar-refractivity contribution in [2.75, 3.05) is 18.8 Å². The van der Waals surface area contributed by atoms with Crippen LogP contribution < -0.4 is 5.32 Å². The van der Waals surface area contributed by atoms with Gasteiger partial charge in [0.15, 0.2) is 0 Å². The lowest BCUT2D eigenvalue weighted by atomic mass is 10.0. The Morgan fingerprint density at radius 3 is 2.66 bits per heavy atom. The van der Waals surface area contributed by atoms with Gasteiger partial charge in [0.25, 0.3) is 5.91 Å². The molecule has 0 aromatic heterocycles. The third kappa shape index (κ3) is 4.60. The molecule has 3 rings (SSSR count). The highest BCUT2D eigenvalue weighted by atomic mass is 35.5. The molecule has 1 N–H and O–H groups in total. The third-order valence-electron chi connectivity index (χ3n) is 4.84. The van der Waals surface area contributed by atoms with Crippen molar-refractivity contribution in [3.05, 3.63) is 58.4 Å². The number of sulfonamides is 1. The molecule has 5 nitrogen and oxygen atoms in total. The van der Waals surface area contributed by atoms with Crippen LogP contribution in [0.15, 0.2) is 46.2 Å². The van der Waals surface area contributed by atoms with Crippen molar-refractivity contribution in [2.45, 2.75) is 36.1 Å². The van der Waals surface area contributed by atoms with Crippen molar-refractivity contribution < 1.29 is 17.6 Å². The maximum absolute atomic E-state index is 13.7. The first-order chi connectivity index (χ1) is 13.8. The summed E-state index contributed by atoms with van der Waals surface area (Å²) in [5, 5.41) is 3.04. The van der Waals surface area contributed by atoms with Gasteiger partial charge in [0.1, 0.15) is 5.82 Å². The molecule has 2 aromatic rings. The molecule has 9 heteroatoms. The van der Waals surface area contributed by atoms with Crippen LogP contribution in [0.3, 0.4) is 0 Å². The maximum Gasteiger partial charge on any atom is 0.253 e. The zero-order valence-electron chi connectivity index (χ0n) is 16.1. The van der Waals surface area contributed by atoms with E-state index in [9.17, 15) is 17.6 Å². The largest absolute Gasteiger partial charge is 0.345 e. The summed E-state index contributed by atoms with van der Waals surface area (Å²) in [5.41, 5.74) is 0.800. The topological polar surface area (TPSA) is 66.5 Å². The minimum Gasteiger partial charge on any atom is -0.345 e. The smallest absolute Gasteiger partial charge is 0.253 e. The summed E-state index contributed by atoms with van der Waals surface area (Å²) >= 11 is 7.81. The zero-order valence-corrected chi connectivity index (χ0v) is 18.5. The van der Waals surface area contributed by atoms with Crippen molar-refractivity contribution in [2.24, 2.45) is 0 Å². The van der Waals surface area contributed by atoms with E-state index in [4.69, 9.17) is 11.6 Å². The van der Waals surface area contributed by atoms with Gasteiger partial charge in [0.2, 0.25) is 10.0 Å². The maximum atomic E-state index is 13.7. The van der Waals surface area contributed by atoms with Gasteiger partial charge >= 0.3 is 0 Å². The molecule has 0 saturated heterocycles. The zero-order chi connectivity index (χ0) is 21.2. The first kappa shape index (κ1) is 22.1. The summed E-state index contributed by atoms with van der Waals surface area (Å²) in [6.07, 6.45) is 0.641. The molecule has 1 heterocycles. The van der Waals surface area contributed by atoms with Crippen LogP contribution in [0.2, 0.25) is 5.02 Å². The van der Waals surface area contributed by atoms with Crippen LogP contribution in [-0.4, -0.2) is 37.5 Å². The van der Waals surface area contributed by atoms with E-state index >= 15 is 0 Å². The number of hydrogen-bond donors (Lipinski definition) is 1. The van der Waals surface area contributed by atoms with Crippen LogP contribution in [0.25, 0.3) is 0 Å². The second-order valence-electron chi connectivity index (χ2n) is 6.58. The lowest BCUT2D eigenvalue weighted by molar-refractivity contribution is 0.0935. The SMILES string of the molecule is CCN(CC)S(=O)(=O)c1ccc(Cl)c(C(=O)NC2CCSc3ccc(F)cc32)c1. The number of amides is 1. The van der Waals surface area contributed by atoms with Gasteiger partial charge in [0, 0.05) is 23.7 Å². The molecule has 1 unspecified atom stereocenters. The van der Waals surface area contributed by atoms with Crippen LogP contribution in [0.5, 0.6) is 0 Å². The van der Waals surface area contributed by atoms with Gasteiger partial charge in [-0.25, -0.2) is 12.8 Å². The molecule has 1 atom stereocenters. The quantitative estimate of drug-likeness (QED) is 0.696. The summed E-state index contributed by atoms with van der Waals surface area (Å²) in [7, 11) is -3.72. The summed E-state index contributed by atoms with van der Waals surface area (Å²) in [4.78, 5) is 13.9. The number of carbonyl (C=O) groups is 1. The predicted molar refractivity (Wildman–Crippen MR) is 114 cm³/mol. The lowest BCUT2D eigenvalue weighted by Gasteiger charge is -2.26. The number of thioether (sulfide) groups is 1. The first-order valence-electron chi connectivity index (χ1n) is 9.30. The summed E-state index contributed by atoms with van der Waals surface area (Å²) < 4.78 is 40.6. The van der Waals surface area contributed by atoms with Crippen molar-refractivity contribution in [3.63, 3.8) is 0 Å². The van der Waals surface area contributed by atoms with E-state index in [1.54, 1.807) is 31.7 Å². The van der Waals surface area contributed by atoms with E-state index in [0.717, 1.165) is 16.2 Å². The van der Waals surface area contributed by atoms with Gasteiger partial charge in [0.05, 0.1) is 21.5 Å². The summed E-state index contributed by atoms with van der Waals surface area (Å²) in [5.74, 6) is -0.0669. The molecule has 0 spiro atoms. The van der Waals surface area contributed by atoms with Crippen LogP contribution in [-0.2, 0) is 10.0 Å². The monoisotopic (exact) mass is 456 g/mol. The Morgan fingerprint density at radius 2 is 1.97 bits per heavy atom. The Hall–Kier alpha value is -1.61. The highest BCUT2D eigenvalue weighted by Gasteiger charge is 2.27. The molecule has 0 bridgehead atoms. The first-order valence-corrected chi connectivity index (χ1v) is 12.1. The predicted octanol–water partition coefficient (Wildman–Crippen LogP) is 4.48. The molecule has 2 aromatic carbocycles. The van der Waals surface area contributed by atoms with Crippen molar-refractivity contribution in [1.29, 1.82) is 0 Å². The minimum atomic E-state index is -3.72. The van der Waals surface area contributed by atoms with E-state index in [2.05, 4.69) is 5.32 Å². The van der Waals surface area contributed by atoms with Gasteiger partial charge in [-0.2, -0.15) is 4.31 Å². The average molecular weight is 457 g/mol. The van der Waals surface area contributed by atoms with E-state index in [1.165, 1.54) is 34.6 Å². The Balaban J connectivity index is 1.90. The van der Waals surface area contributed by atoms with Crippen LogP contribution in [0.4, 0.5) is 4.39 Å². The van der Waals surface area contributed by atoms with Gasteiger partial charge in [-0.15, -0.1) is 11.8 Å². The van der Waals surface area contributed by atoms with E-state index in [1.807, 2.05) is 0 Å². The molecular weight excluding hydrogens is 435 g/mol. The molecule has 1 aliphatic rings. The molecular formula is C20H22ClFN2O3S2. The van der Waals surface area contributed by atoms with Crippen LogP contribution in [0, 0.1) is 5.82 Å². The Kier molecular flexibility index (Phi) is 6.88. The number of nitrogens with one attached hydrogen (secondary N) is 1. The third-order valence-corrected chi connectivity index (χ3v) is 8.34. The number of benzene rings is 2. The Labute approximate surface area is 179 Å². The van der Waals surface area contributed by atoms with Gasteiger partial charge < -0.3 is 5.32 Å². The Morgan fingerprint density at radius 1 is 1.24 bits per heavy atom. The molecule has 1 amide bonds. The number of rotatable bonds is 6. The van der Waals surface area contributed by atoms with Gasteiger partial charge in [-0.3, -0.25) is 4.79 Å². The number of carbonyl (C=O) groups excluding carboxylic acids is 1. The normalized spacial score (nSPS) is 16.5. The van der Waals surface area contributed by atoms with Crippen molar-refractivity contribution in [1.82, 2.24) is 9.62 Å². The minimum absolute atomic E-state index is 0.0152. The van der Waals surface area contributed by atoms with E-state index in [0.29, 0.717) is 19.5 Å². The van der Waals surface area contributed by atoms with E-state index in [-0.39, 0.29) is 27.3 Å². The molecule has 1 aliphatic heterocycles. The highest BCUT2D eigenvalue weighted by Crippen LogP contribution is 2.37. The number of halogens is 2. The average Bonchev–Trinajstić information content (AvgIpc) is 2.69. The van der Waals surface area contributed by atoms with Crippen LogP contribution >= 0.6 is 23.4 Å². The second kappa shape index (κ2) is 9.04. The van der Waals surface area contributed by atoms with Crippen molar-refractivity contribution >= 4 is 39.3 Å². The molecule has 156 valence electrons. The molecule has 0 fully saturated rings. The number of hydrogen-bond acceptors (Lipinski definition) is 4. The fourth-order valence-corrected chi connectivity index (χ4v) is 6.10. The number of nitrogens with zero attached hydrogens (tertiary/aromatic N) is 1. The molecule has 0 aliphatic carbocycles. The standard InChI is InChI=1S/C20H22ClFN2O3S2/c1-3-24(4-2)29(26,27)14-6-7-17(21)15(12-14)20(25)23-18-9-10-28-19-8-5-13(22)11-16(18)19/h5-8,11-12,18H,3-4,9-10H2,1-2H3,(H,23,25). The highest BCUT2D eigenvalue weighted by molar-refractivity contribution is 7.99. The van der Waals surface area contributed by atoms with Gasteiger partial charge in [-0.1, -0.05) is 25.4 Å². The van der Waals surface area contributed by atoms with Crippen molar-refractivity contribution in [3.8, 4) is 0 Å². The van der Waals surface area contributed by atoms with E-state index < -0.39 is 15.9 Å². The lowest BCUT2D eigenvalue weighted by Crippen LogP contribution is -2.32. The molecule has 29 heavy (non-hydrogen) atoms. The fourth-order valence-electron chi connectivity index (χ4n) is 3.30. The summed E-state index contributed by atoms with van der Waals surface area (Å²) in [6.45, 7) is 4.15. The fraction of sp³-hybridized carbons (Fsp3) is 0.350. The number of fused-ring (bicyclic) bond motifs is 1. The summed E-state index contributed by atoms with van der Waals surface area (Å²) in [6, 6.07) is 8.27. The van der Waals surface area contributed by atoms with Crippen LogP contribution in [0.1, 0.15) is 42.2 Å². The Bertz CT molecular complexity index is 1030. The van der Waals surface area contributed by atoms with Gasteiger partial charge in [-0.05, 0) is 48.4 Å².